The fourth-order valence-corrected chi connectivity index (χ4v) is 2.64. The van der Waals surface area contributed by atoms with Gasteiger partial charge in [-0.15, -0.1) is 0 Å². The van der Waals surface area contributed by atoms with Crippen molar-refractivity contribution in [3.05, 3.63) is 46.8 Å². The molecule has 0 fully saturated rings. The number of rotatable bonds is 3. The molecule has 0 amide bonds. The summed E-state index contributed by atoms with van der Waals surface area (Å²) in [6, 6.07) is 3.42. The maximum atomic E-state index is 12.6. The Labute approximate surface area is 126 Å². The maximum Gasteiger partial charge on any atom is 0.416 e. The van der Waals surface area contributed by atoms with Gasteiger partial charge in [-0.2, -0.15) is 13.2 Å². The highest BCUT2D eigenvalue weighted by Crippen LogP contribution is 2.30. The van der Waals surface area contributed by atoms with E-state index in [2.05, 4.69) is 30.6 Å². The molecule has 0 aliphatic carbocycles. The molecule has 1 N–H and O–H groups in total. The first kappa shape index (κ1) is 15.7. The zero-order valence-electron chi connectivity index (χ0n) is 10.1. The smallest absolute Gasteiger partial charge is 0.262 e. The molecule has 1 heterocycles. The van der Waals surface area contributed by atoms with E-state index in [1.165, 1.54) is 6.20 Å². The molecule has 10 heteroatoms. The van der Waals surface area contributed by atoms with Crippen LogP contribution in [0.5, 0.6) is 0 Å². The highest BCUT2D eigenvalue weighted by atomic mass is 79.9. The average Bonchev–Trinajstić information content (AvgIpc) is 2.40. The fraction of sp³-hybridized carbons (Fsp3) is 0.0909. The summed E-state index contributed by atoms with van der Waals surface area (Å²) in [6.45, 7) is 0. The molecule has 0 aliphatic heterocycles. The van der Waals surface area contributed by atoms with Crippen LogP contribution in [0.3, 0.4) is 0 Å². The fourth-order valence-electron chi connectivity index (χ4n) is 1.40. The van der Waals surface area contributed by atoms with Crippen molar-refractivity contribution >= 4 is 31.8 Å². The number of alkyl halides is 3. The zero-order valence-corrected chi connectivity index (χ0v) is 12.5. The molecule has 0 spiro atoms. The number of anilines is 1. The third-order valence-corrected chi connectivity index (χ3v) is 4.09. The standard InChI is InChI=1S/C11H7BrF3N3O2S/c12-9-5-17-10(6-16-9)18-21(19,20)8-3-1-2-7(4-8)11(13,14)15/h1-6H,(H,17,18). The van der Waals surface area contributed by atoms with Crippen LogP contribution in [-0.4, -0.2) is 18.4 Å². The van der Waals surface area contributed by atoms with Crippen molar-refractivity contribution in [2.45, 2.75) is 11.1 Å². The number of nitrogens with zero attached hydrogens (tertiary/aromatic N) is 2. The van der Waals surface area contributed by atoms with E-state index in [1.807, 2.05) is 0 Å². The number of halogens is 4. The van der Waals surface area contributed by atoms with E-state index in [0.717, 1.165) is 24.4 Å². The molecule has 112 valence electrons. The second-order valence-corrected chi connectivity index (χ2v) is 6.35. The van der Waals surface area contributed by atoms with E-state index < -0.39 is 26.7 Å². The second kappa shape index (κ2) is 5.60. The Balaban J connectivity index is 2.34. The Hall–Kier alpha value is -1.68. The van der Waals surface area contributed by atoms with Gasteiger partial charge in [-0.25, -0.2) is 18.4 Å². The van der Waals surface area contributed by atoms with Crippen LogP contribution in [0.25, 0.3) is 0 Å². The molecule has 21 heavy (non-hydrogen) atoms. The van der Waals surface area contributed by atoms with Gasteiger partial charge in [0.2, 0.25) is 0 Å². The Morgan fingerprint density at radius 2 is 1.86 bits per heavy atom. The number of sulfonamides is 1. The first-order valence-electron chi connectivity index (χ1n) is 5.36. The third kappa shape index (κ3) is 3.91. The van der Waals surface area contributed by atoms with Crippen LogP contribution in [-0.2, 0) is 16.2 Å². The molecule has 1 aromatic carbocycles. The number of hydrogen-bond donors (Lipinski definition) is 1. The van der Waals surface area contributed by atoms with Gasteiger partial charge in [-0.05, 0) is 34.1 Å². The van der Waals surface area contributed by atoms with E-state index in [4.69, 9.17) is 0 Å². The van der Waals surface area contributed by atoms with E-state index in [1.54, 1.807) is 0 Å². The van der Waals surface area contributed by atoms with Gasteiger partial charge in [0.1, 0.15) is 4.60 Å². The summed E-state index contributed by atoms with van der Waals surface area (Å²) in [7, 11) is -4.18. The molecule has 0 saturated heterocycles. The average molecular weight is 382 g/mol. The Bertz CT molecular complexity index is 748. The van der Waals surface area contributed by atoms with Crippen LogP contribution in [0.4, 0.5) is 19.0 Å². The van der Waals surface area contributed by atoms with E-state index in [9.17, 15) is 21.6 Å². The van der Waals surface area contributed by atoms with Gasteiger partial charge in [0, 0.05) is 0 Å². The lowest BCUT2D eigenvalue weighted by Crippen LogP contribution is -2.15. The minimum atomic E-state index is -4.62. The summed E-state index contributed by atoms with van der Waals surface area (Å²) < 4.78 is 64.2. The summed E-state index contributed by atoms with van der Waals surface area (Å²) in [6.07, 6.45) is -2.23. The Morgan fingerprint density at radius 1 is 1.14 bits per heavy atom. The normalized spacial score (nSPS) is 12.2. The van der Waals surface area contributed by atoms with E-state index in [0.29, 0.717) is 10.7 Å². The van der Waals surface area contributed by atoms with Crippen molar-refractivity contribution < 1.29 is 21.6 Å². The van der Waals surface area contributed by atoms with Crippen molar-refractivity contribution in [2.24, 2.45) is 0 Å². The summed E-state index contributed by atoms with van der Waals surface area (Å²) in [5.41, 5.74) is -1.05. The number of aromatic nitrogens is 2. The first-order valence-corrected chi connectivity index (χ1v) is 7.64. The Morgan fingerprint density at radius 3 is 2.43 bits per heavy atom. The van der Waals surface area contributed by atoms with Gasteiger partial charge in [0.15, 0.2) is 5.82 Å². The van der Waals surface area contributed by atoms with Crippen LogP contribution in [0.1, 0.15) is 5.56 Å². The van der Waals surface area contributed by atoms with Crippen LogP contribution < -0.4 is 4.72 Å². The van der Waals surface area contributed by atoms with E-state index in [-0.39, 0.29) is 5.82 Å². The molecule has 0 bridgehead atoms. The van der Waals surface area contributed by atoms with E-state index >= 15 is 0 Å². The van der Waals surface area contributed by atoms with Crippen LogP contribution >= 0.6 is 15.9 Å². The van der Waals surface area contributed by atoms with Crippen LogP contribution in [0.2, 0.25) is 0 Å². The molecule has 1 aromatic heterocycles. The molecular formula is C11H7BrF3N3O2S. The largest absolute Gasteiger partial charge is 0.416 e. The molecule has 0 aliphatic rings. The van der Waals surface area contributed by atoms with Crippen molar-refractivity contribution in [2.75, 3.05) is 4.72 Å². The lowest BCUT2D eigenvalue weighted by atomic mass is 10.2. The molecule has 0 unspecified atom stereocenters. The first-order chi connectivity index (χ1) is 9.68. The lowest BCUT2D eigenvalue weighted by molar-refractivity contribution is -0.137. The predicted molar refractivity (Wildman–Crippen MR) is 72.0 cm³/mol. The minimum absolute atomic E-state index is 0.101. The minimum Gasteiger partial charge on any atom is -0.262 e. The quantitative estimate of drug-likeness (QED) is 0.886. The molecule has 0 saturated carbocycles. The highest BCUT2D eigenvalue weighted by Gasteiger charge is 2.31. The lowest BCUT2D eigenvalue weighted by Gasteiger charge is -2.10. The summed E-state index contributed by atoms with van der Waals surface area (Å²) in [5, 5.41) is 0. The van der Waals surface area contributed by atoms with Gasteiger partial charge in [-0.1, -0.05) is 6.07 Å². The SMILES string of the molecule is O=S(=O)(Nc1cnc(Br)cn1)c1cccc(C(F)(F)F)c1. The van der Waals surface area contributed by atoms with Gasteiger partial charge in [-0.3, -0.25) is 4.72 Å². The molecule has 2 aromatic rings. The topological polar surface area (TPSA) is 72.0 Å². The van der Waals surface area contributed by atoms with Crippen molar-refractivity contribution in [3.63, 3.8) is 0 Å². The Kier molecular flexibility index (Phi) is 4.19. The van der Waals surface area contributed by atoms with Crippen molar-refractivity contribution in [1.82, 2.24) is 9.97 Å². The number of hydrogen-bond acceptors (Lipinski definition) is 4. The highest BCUT2D eigenvalue weighted by molar-refractivity contribution is 9.10. The summed E-state index contributed by atoms with van der Waals surface area (Å²) >= 11 is 3.03. The predicted octanol–water partition coefficient (Wildman–Crippen LogP) is 3.06. The van der Waals surface area contributed by atoms with Gasteiger partial charge in [0.05, 0.1) is 22.9 Å². The maximum absolute atomic E-state index is 12.6. The van der Waals surface area contributed by atoms with Crippen LogP contribution in [0.15, 0.2) is 46.2 Å². The molecule has 0 radical (unpaired) electrons. The molecule has 5 nitrogen and oxygen atoms in total. The zero-order chi connectivity index (χ0) is 15.7. The monoisotopic (exact) mass is 381 g/mol. The van der Waals surface area contributed by atoms with Crippen LogP contribution in [0, 0.1) is 0 Å². The second-order valence-electron chi connectivity index (χ2n) is 3.86. The van der Waals surface area contributed by atoms with Gasteiger partial charge >= 0.3 is 6.18 Å². The van der Waals surface area contributed by atoms with Gasteiger partial charge in [0.25, 0.3) is 10.0 Å². The van der Waals surface area contributed by atoms with Gasteiger partial charge < -0.3 is 0 Å². The molecular weight excluding hydrogens is 375 g/mol. The summed E-state index contributed by atoms with van der Waals surface area (Å²) in [5.74, 6) is -0.101. The number of benzene rings is 1. The number of nitrogens with one attached hydrogen (secondary N) is 1. The van der Waals surface area contributed by atoms with Crippen molar-refractivity contribution in [1.29, 1.82) is 0 Å². The summed E-state index contributed by atoms with van der Waals surface area (Å²) in [4.78, 5) is 6.99. The molecule has 2 rings (SSSR count). The van der Waals surface area contributed by atoms with Crippen molar-refractivity contribution in [3.8, 4) is 0 Å². The molecule has 0 atom stereocenters. The third-order valence-electron chi connectivity index (χ3n) is 2.33.